The van der Waals surface area contributed by atoms with E-state index in [2.05, 4.69) is 17.8 Å². The highest BCUT2D eigenvalue weighted by Gasteiger charge is 2.56. The molecular weight excluding hydrogens is 316 g/mol. The van der Waals surface area contributed by atoms with Gasteiger partial charge in [-0.1, -0.05) is 24.9 Å². The van der Waals surface area contributed by atoms with Gasteiger partial charge in [-0.2, -0.15) is 0 Å². The second kappa shape index (κ2) is 8.98. The number of aliphatic hydroxyl groups is 1. The first-order chi connectivity index (χ1) is 11.3. The molecule has 0 bridgehead atoms. The molecular formula is C16H28N2O6. The average molecular weight is 344 g/mol. The van der Waals surface area contributed by atoms with Gasteiger partial charge in [-0.3, -0.25) is 0 Å². The highest BCUT2D eigenvalue weighted by atomic mass is 16.6. The summed E-state index contributed by atoms with van der Waals surface area (Å²) >= 11 is 0. The van der Waals surface area contributed by atoms with Crippen LogP contribution in [0.1, 0.15) is 51.9 Å². The zero-order valence-electron chi connectivity index (χ0n) is 14.2. The maximum atomic E-state index is 10.8. The first kappa shape index (κ1) is 20.4. The van der Waals surface area contributed by atoms with Crippen molar-refractivity contribution in [3.63, 3.8) is 0 Å². The predicted molar refractivity (Wildman–Crippen MR) is 83.7 cm³/mol. The van der Waals surface area contributed by atoms with E-state index in [4.69, 9.17) is 24.6 Å². The van der Waals surface area contributed by atoms with Crippen molar-refractivity contribution in [2.75, 3.05) is 13.2 Å². The summed E-state index contributed by atoms with van der Waals surface area (Å²) in [5, 5.41) is 31.2. The Labute approximate surface area is 141 Å². The number of carbonyl (C=O) groups excluding carboxylic acids is 1. The largest absolute Gasteiger partial charge is 0.539 e. The SMILES string of the molecule is C[C@]12CCCC[C@@]1(O)CC[C@@H]2/C=N/OCCC[NH3+].O=C([O-])C(=O)O. The lowest BCUT2D eigenvalue weighted by molar-refractivity contribution is -0.369. The van der Waals surface area contributed by atoms with Crippen molar-refractivity contribution in [1.82, 2.24) is 0 Å². The quantitative estimate of drug-likeness (QED) is 0.256. The van der Waals surface area contributed by atoms with Gasteiger partial charge >= 0.3 is 5.97 Å². The van der Waals surface area contributed by atoms with Crippen molar-refractivity contribution in [3.05, 3.63) is 0 Å². The van der Waals surface area contributed by atoms with Crippen molar-refractivity contribution < 1.29 is 35.5 Å². The second-order valence-corrected chi connectivity index (χ2v) is 6.69. The minimum Gasteiger partial charge on any atom is -0.539 e. The molecule has 2 aliphatic rings. The van der Waals surface area contributed by atoms with Crippen molar-refractivity contribution in [2.45, 2.75) is 57.5 Å². The Bertz CT molecular complexity index is 457. The molecule has 2 fully saturated rings. The topological polar surface area (TPSA) is 147 Å². The second-order valence-electron chi connectivity index (χ2n) is 6.69. The summed E-state index contributed by atoms with van der Waals surface area (Å²) in [6, 6.07) is 0. The molecule has 2 saturated carbocycles. The lowest BCUT2D eigenvalue weighted by Gasteiger charge is -2.46. The first-order valence-electron chi connectivity index (χ1n) is 8.38. The fourth-order valence-electron chi connectivity index (χ4n) is 3.66. The number of rotatable bonds is 5. The van der Waals surface area contributed by atoms with Crippen molar-refractivity contribution in [1.29, 1.82) is 0 Å². The van der Waals surface area contributed by atoms with Crippen LogP contribution in [-0.4, -0.2) is 47.1 Å². The molecule has 0 radical (unpaired) electrons. The average Bonchev–Trinajstić information content (AvgIpc) is 2.79. The van der Waals surface area contributed by atoms with E-state index in [1.165, 1.54) is 6.42 Å². The maximum Gasteiger partial charge on any atom is 0.351 e. The molecule has 0 heterocycles. The van der Waals surface area contributed by atoms with E-state index in [1.54, 1.807) is 0 Å². The number of hydrogen-bond acceptors (Lipinski definition) is 6. The van der Waals surface area contributed by atoms with Crippen molar-refractivity contribution in [3.8, 4) is 0 Å². The number of fused-ring (bicyclic) bond motifs is 1. The predicted octanol–water partition coefficient (Wildman–Crippen LogP) is -0.837. The van der Waals surface area contributed by atoms with E-state index in [9.17, 15) is 5.11 Å². The smallest absolute Gasteiger partial charge is 0.351 e. The van der Waals surface area contributed by atoms with Crippen LogP contribution in [-0.2, 0) is 14.4 Å². The Morgan fingerprint density at radius 1 is 1.38 bits per heavy atom. The van der Waals surface area contributed by atoms with Gasteiger partial charge in [0.1, 0.15) is 6.61 Å². The molecule has 138 valence electrons. The number of hydrogen-bond donors (Lipinski definition) is 3. The van der Waals surface area contributed by atoms with Gasteiger partial charge in [0, 0.05) is 24.0 Å². The van der Waals surface area contributed by atoms with Crippen LogP contribution in [0.5, 0.6) is 0 Å². The van der Waals surface area contributed by atoms with Crippen LogP contribution in [0.3, 0.4) is 0 Å². The summed E-state index contributed by atoms with van der Waals surface area (Å²) in [4.78, 5) is 23.3. The molecule has 8 heteroatoms. The number of carbonyl (C=O) groups is 2. The van der Waals surface area contributed by atoms with Crippen LogP contribution in [0.2, 0.25) is 0 Å². The normalized spacial score (nSPS) is 31.9. The van der Waals surface area contributed by atoms with E-state index >= 15 is 0 Å². The van der Waals surface area contributed by atoms with Crippen molar-refractivity contribution >= 4 is 18.2 Å². The summed E-state index contributed by atoms with van der Waals surface area (Å²) in [7, 11) is 0. The third-order valence-electron chi connectivity index (χ3n) is 5.26. The van der Waals surface area contributed by atoms with Crippen LogP contribution in [0.15, 0.2) is 5.16 Å². The highest BCUT2D eigenvalue weighted by molar-refractivity contribution is 6.26. The van der Waals surface area contributed by atoms with Crippen LogP contribution in [0, 0.1) is 11.3 Å². The minimum absolute atomic E-state index is 0.00439. The standard InChI is InChI=1S/C14H26N2O2.C2H2O4/c1-13-6-2-3-7-14(13,17)8-5-12(13)11-16-18-10-4-9-15;3-1(4)2(5)6/h11-12,17H,2-10,15H2,1H3;(H,3,4)(H,5,6)/b16-11+;/t12-,13-,14-;/m1./s1. The monoisotopic (exact) mass is 344 g/mol. The molecule has 2 rings (SSSR count). The molecule has 0 saturated heterocycles. The number of quaternary nitrogens is 1. The fraction of sp³-hybridized carbons (Fsp3) is 0.812. The number of carboxylic acid groups (broad SMARTS) is 2. The summed E-state index contributed by atoms with van der Waals surface area (Å²) < 4.78 is 0. The molecule has 0 aliphatic heterocycles. The molecule has 0 unspecified atom stereocenters. The van der Waals surface area contributed by atoms with E-state index < -0.39 is 17.5 Å². The molecule has 0 aromatic rings. The van der Waals surface area contributed by atoms with Gasteiger partial charge in [0.15, 0.2) is 5.97 Å². The van der Waals surface area contributed by atoms with Gasteiger partial charge in [-0.25, -0.2) is 4.79 Å². The van der Waals surface area contributed by atoms with Gasteiger partial charge in [0.25, 0.3) is 0 Å². The van der Waals surface area contributed by atoms with E-state index in [0.717, 1.165) is 45.1 Å². The molecule has 3 atom stereocenters. The van der Waals surface area contributed by atoms with Crippen LogP contribution in [0.4, 0.5) is 0 Å². The zero-order valence-corrected chi connectivity index (χ0v) is 14.2. The zero-order chi connectivity index (χ0) is 18.2. The van der Waals surface area contributed by atoms with Crippen LogP contribution >= 0.6 is 0 Å². The Balaban J connectivity index is 0.000000413. The Kier molecular flexibility index (Phi) is 7.62. The first-order valence-corrected chi connectivity index (χ1v) is 8.38. The minimum atomic E-state index is -2.07. The molecule has 0 aromatic heterocycles. The molecule has 5 N–H and O–H groups in total. The van der Waals surface area contributed by atoms with E-state index in [0.29, 0.717) is 12.5 Å². The number of carboxylic acids is 2. The molecule has 0 spiro atoms. The number of oxime groups is 1. The van der Waals surface area contributed by atoms with Crippen LogP contribution in [0.25, 0.3) is 0 Å². The van der Waals surface area contributed by atoms with E-state index in [-0.39, 0.29) is 5.41 Å². The summed E-state index contributed by atoms with van der Waals surface area (Å²) in [5.41, 5.74) is 3.31. The van der Waals surface area contributed by atoms with E-state index in [1.807, 2.05) is 6.21 Å². The van der Waals surface area contributed by atoms with Gasteiger partial charge in [-0.15, -0.1) is 0 Å². The Hall–Kier alpha value is -1.67. The fourth-order valence-corrected chi connectivity index (χ4v) is 3.66. The Morgan fingerprint density at radius 3 is 2.58 bits per heavy atom. The number of nitrogens with zero attached hydrogens (tertiary/aromatic N) is 1. The Morgan fingerprint density at radius 2 is 2.00 bits per heavy atom. The molecule has 2 aliphatic carbocycles. The van der Waals surface area contributed by atoms with Gasteiger partial charge in [0.2, 0.25) is 0 Å². The third-order valence-corrected chi connectivity index (χ3v) is 5.26. The lowest BCUT2D eigenvalue weighted by atomic mass is 9.63. The van der Waals surface area contributed by atoms with Gasteiger partial charge < -0.3 is 30.7 Å². The van der Waals surface area contributed by atoms with Crippen molar-refractivity contribution in [2.24, 2.45) is 16.5 Å². The number of aliphatic carboxylic acids is 2. The summed E-state index contributed by atoms with van der Waals surface area (Å²) in [6.45, 7) is 3.76. The van der Waals surface area contributed by atoms with Crippen LogP contribution < -0.4 is 10.8 Å². The summed E-state index contributed by atoms with van der Waals surface area (Å²) in [6.07, 6.45) is 9.29. The molecule has 24 heavy (non-hydrogen) atoms. The molecule has 0 aromatic carbocycles. The lowest BCUT2D eigenvalue weighted by Crippen LogP contribution is -2.50. The van der Waals surface area contributed by atoms with Gasteiger partial charge in [0.05, 0.1) is 12.1 Å². The maximum absolute atomic E-state index is 10.8. The molecule has 8 nitrogen and oxygen atoms in total. The molecule has 0 amide bonds. The summed E-state index contributed by atoms with van der Waals surface area (Å²) in [5.74, 6) is -3.65. The van der Waals surface area contributed by atoms with Gasteiger partial charge in [-0.05, 0) is 25.7 Å². The third kappa shape index (κ3) is 4.91. The highest BCUT2D eigenvalue weighted by Crippen LogP contribution is 2.57.